The smallest absolute Gasteiger partial charge is 0.250 e. The van der Waals surface area contributed by atoms with Crippen LogP contribution in [0.5, 0.6) is 0 Å². The molecule has 2 N–H and O–H groups in total. The number of rotatable bonds is 6. The van der Waals surface area contributed by atoms with Gasteiger partial charge in [-0.15, -0.1) is 0 Å². The highest BCUT2D eigenvalue weighted by Crippen LogP contribution is 2.26. The van der Waals surface area contributed by atoms with E-state index in [1.807, 2.05) is 30.3 Å². The third kappa shape index (κ3) is 4.03. The molecular weight excluding hydrogens is 352 g/mol. The molecule has 2 heterocycles. The fraction of sp³-hybridized carbons (Fsp3) is 0.333. The summed E-state index contributed by atoms with van der Waals surface area (Å²) in [6, 6.07) is 18.5. The van der Waals surface area contributed by atoms with Gasteiger partial charge in [0.05, 0.1) is 5.69 Å². The Morgan fingerprint density at radius 2 is 1.82 bits per heavy atom. The van der Waals surface area contributed by atoms with Crippen molar-refractivity contribution in [3.63, 3.8) is 0 Å². The highest BCUT2D eigenvalue weighted by molar-refractivity contribution is 5.73. The van der Waals surface area contributed by atoms with Crippen molar-refractivity contribution in [3.8, 4) is 16.8 Å². The quantitative estimate of drug-likeness (QED) is 0.714. The fourth-order valence-corrected chi connectivity index (χ4v) is 3.80. The lowest BCUT2D eigenvalue weighted by Crippen LogP contribution is -2.37. The molecule has 1 saturated heterocycles. The molecule has 0 saturated carbocycles. The molecule has 7 heteroatoms. The molecule has 3 aromatic rings. The molecule has 1 aromatic heterocycles. The van der Waals surface area contributed by atoms with Gasteiger partial charge in [0.15, 0.2) is 0 Å². The van der Waals surface area contributed by atoms with Crippen LogP contribution in [0.4, 0.5) is 5.95 Å². The van der Waals surface area contributed by atoms with Crippen molar-refractivity contribution in [3.05, 3.63) is 54.6 Å². The number of piperidine rings is 1. The number of hydrogen-bond acceptors (Lipinski definition) is 5. The number of amides is 1. The summed E-state index contributed by atoms with van der Waals surface area (Å²) < 4.78 is 1.78. The molecule has 1 amide bonds. The van der Waals surface area contributed by atoms with E-state index in [4.69, 9.17) is 5.73 Å². The Morgan fingerprint density at radius 1 is 1.07 bits per heavy atom. The number of hydrogen-bond donors (Lipinski definition) is 1. The summed E-state index contributed by atoms with van der Waals surface area (Å²) >= 11 is 0. The van der Waals surface area contributed by atoms with Gasteiger partial charge < -0.3 is 10.6 Å². The van der Waals surface area contributed by atoms with Gasteiger partial charge in [0.1, 0.15) is 0 Å². The van der Waals surface area contributed by atoms with E-state index in [1.165, 1.54) is 5.56 Å². The molecule has 0 bridgehead atoms. The number of anilines is 1. The number of nitrogens with two attached hydrogens (primary N) is 1. The average Bonchev–Trinajstić information content (AvgIpc) is 3.23. The number of benzene rings is 2. The summed E-state index contributed by atoms with van der Waals surface area (Å²) in [6.45, 7) is 1.76. The van der Waals surface area contributed by atoms with Crippen LogP contribution in [0.3, 0.4) is 0 Å². The first-order valence-electron chi connectivity index (χ1n) is 9.68. The van der Waals surface area contributed by atoms with Crippen molar-refractivity contribution >= 4 is 11.9 Å². The highest BCUT2D eigenvalue weighted by atomic mass is 16.1. The third-order valence-corrected chi connectivity index (χ3v) is 5.27. The van der Waals surface area contributed by atoms with Crippen molar-refractivity contribution in [2.45, 2.75) is 25.7 Å². The lowest BCUT2D eigenvalue weighted by molar-refractivity contribution is -0.118. The Kier molecular flexibility index (Phi) is 5.32. The van der Waals surface area contributed by atoms with Gasteiger partial charge in [-0.1, -0.05) is 47.6 Å². The predicted molar refractivity (Wildman–Crippen MR) is 108 cm³/mol. The second-order valence-electron chi connectivity index (χ2n) is 7.26. The third-order valence-electron chi connectivity index (χ3n) is 5.27. The molecule has 2 aromatic carbocycles. The Hall–Kier alpha value is -3.22. The van der Waals surface area contributed by atoms with E-state index < -0.39 is 0 Å². The SMILES string of the molecule is NC(=O)CCC1CCCN(c2nnnn2-c2ccc(-c3ccccc3)cc2)C1. The summed E-state index contributed by atoms with van der Waals surface area (Å²) in [7, 11) is 0. The maximum atomic E-state index is 11.1. The van der Waals surface area contributed by atoms with Crippen LogP contribution in [-0.4, -0.2) is 39.2 Å². The average molecular weight is 376 g/mol. The lowest BCUT2D eigenvalue weighted by Gasteiger charge is -2.32. The van der Waals surface area contributed by atoms with Crippen LogP contribution in [0.1, 0.15) is 25.7 Å². The van der Waals surface area contributed by atoms with Crippen LogP contribution in [-0.2, 0) is 4.79 Å². The van der Waals surface area contributed by atoms with Crippen LogP contribution < -0.4 is 10.6 Å². The van der Waals surface area contributed by atoms with Crippen LogP contribution in [0.15, 0.2) is 54.6 Å². The zero-order valence-corrected chi connectivity index (χ0v) is 15.7. The zero-order chi connectivity index (χ0) is 19.3. The van der Waals surface area contributed by atoms with Crippen molar-refractivity contribution in [2.75, 3.05) is 18.0 Å². The predicted octanol–water partition coefficient (Wildman–Crippen LogP) is 2.81. The van der Waals surface area contributed by atoms with E-state index in [-0.39, 0.29) is 5.91 Å². The van der Waals surface area contributed by atoms with Gasteiger partial charge >= 0.3 is 0 Å². The van der Waals surface area contributed by atoms with Crippen LogP contribution >= 0.6 is 0 Å². The van der Waals surface area contributed by atoms with E-state index in [2.05, 4.69) is 44.7 Å². The first-order chi connectivity index (χ1) is 13.7. The summed E-state index contributed by atoms with van der Waals surface area (Å²) in [5.41, 5.74) is 8.57. The van der Waals surface area contributed by atoms with Gasteiger partial charge in [-0.3, -0.25) is 4.79 Å². The van der Waals surface area contributed by atoms with Gasteiger partial charge in [0.2, 0.25) is 11.9 Å². The van der Waals surface area contributed by atoms with Crippen molar-refractivity contribution < 1.29 is 4.79 Å². The first-order valence-corrected chi connectivity index (χ1v) is 9.68. The van der Waals surface area contributed by atoms with Gasteiger partial charge in [-0.2, -0.15) is 4.68 Å². The minimum atomic E-state index is -0.236. The van der Waals surface area contributed by atoms with E-state index in [1.54, 1.807) is 4.68 Å². The second-order valence-corrected chi connectivity index (χ2v) is 7.26. The summed E-state index contributed by atoms with van der Waals surface area (Å²) in [4.78, 5) is 13.3. The highest BCUT2D eigenvalue weighted by Gasteiger charge is 2.24. The maximum absolute atomic E-state index is 11.1. The van der Waals surface area contributed by atoms with Gasteiger partial charge in [0, 0.05) is 19.5 Å². The normalized spacial score (nSPS) is 16.9. The molecule has 0 aliphatic carbocycles. The molecule has 1 aliphatic heterocycles. The zero-order valence-electron chi connectivity index (χ0n) is 15.7. The summed E-state index contributed by atoms with van der Waals surface area (Å²) in [5, 5.41) is 12.4. The van der Waals surface area contributed by atoms with Crippen LogP contribution in [0.2, 0.25) is 0 Å². The number of tetrazole rings is 1. The molecule has 1 fully saturated rings. The van der Waals surface area contributed by atoms with E-state index in [9.17, 15) is 4.79 Å². The van der Waals surface area contributed by atoms with Crippen molar-refractivity contribution in [2.24, 2.45) is 11.7 Å². The Labute approximate surface area is 164 Å². The molecule has 0 radical (unpaired) electrons. The molecule has 1 aliphatic rings. The molecule has 1 atom stereocenters. The lowest BCUT2D eigenvalue weighted by atomic mass is 9.93. The Balaban J connectivity index is 1.52. The molecule has 144 valence electrons. The topological polar surface area (TPSA) is 89.9 Å². The van der Waals surface area contributed by atoms with Gasteiger partial charge in [-0.05, 0) is 58.9 Å². The minimum Gasteiger partial charge on any atom is -0.370 e. The Bertz CT molecular complexity index is 922. The monoisotopic (exact) mass is 376 g/mol. The minimum absolute atomic E-state index is 0.236. The Morgan fingerprint density at radius 3 is 2.57 bits per heavy atom. The van der Waals surface area contributed by atoms with Gasteiger partial charge in [0.25, 0.3) is 0 Å². The fourth-order valence-electron chi connectivity index (χ4n) is 3.80. The van der Waals surface area contributed by atoms with E-state index >= 15 is 0 Å². The first kappa shape index (κ1) is 18.2. The number of carbonyl (C=O) groups excluding carboxylic acids is 1. The largest absolute Gasteiger partial charge is 0.370 e. The number of aromatic nitrogens is 4. The van der Waals surface area contributed by atoms with Gasteiger partial charge in [-0.25, -0.2) is 0 Å². The maximum Gasteiger partial charge on any atom is 0.250 e. The standard InChI is InChI=1S/C21H24N6O/c22-20(28)13-8-16-5-4-14-26(15-16)21-23-24-25-27(21)19-11-9-18(10-12-19)17-6-2-1-3-7-17/h1-3,6-7,9-12,16H,4-5,8,13-15H2,(H2,22,28). The number of primary amides is 1. The molecule has 4 rings (SSSR count). The van der Waals surface area contributed by atoms with Crippen LogP contribution in [0, 0.1) is 5.92 Å². The van der Waals surface area contributed by atoms with E-state index in [0.29, 0.717) is 12.3 Å². The molecular formula is C21H24N6O. The molecule has 28 heavy (non-hydrogen) atoms. The van der Waals surface area contributed by atoms with E-state index in [0.717, 1.165) is 49.6 Å². The van der Waals surface area contributed by atoms with Crippen molar-refractivity contribution in [1.82, 2.24) is 20.2 Å². The van der Waals surface area contributed by atoms with Crippen LogP contribution in [0.25, 0.3) is 16.8 Å². The molecule has 1 unspecified atom stereocenters. The summed E-state index contributed by atoms with van der Waals surface area (Å²) in [6.07, 6.45) is 3.42. The second kappa shape index (κ2) is 8.21. The summed E-state index contributed by atoms with van der Waals surface area (Å²) in [5.74, 6) is 0.948. The number of nitrogens with zero attached hydrogens (tertiary/aromatic N) is 5. The molecule has 7 nitrogen and oxygen atoms in total. The number of carbonyl (C=O) groups is 1. The van der Waals surface area contributed by atoms with Crippen molar-refractivity contribution in [1.29, 1.82) is 0 Å². The molecule has 0 spiro atoms.